The van der Waals surface area contributed by atoms with Crippen molar-refractivity contribution in [1.29, 1.82) is 0 Å². The number of halogens is 2. The Morgan fingerprint density at radius 1 is 1.50 bits per heavy atom. The van der Waals surface area contributed by atoms with Gasteiger partial charge in [0.05, 0.1) is 0 Å². The molecule has 3 nitrogen and oxygen atoms in total. The summed E-state index contributed by atoms with van der Waals surface area (Å²) in [7, 11) is 0. The molecule has 0 aromatic heterocycles. The van der Waals surface area contributed by atoms with Gasteiger partial charge in [0.2, 0.25) is 0 Å². The first-order valence-corrected chi connectivity index (χ1v) is 5.88. The Balaban J connectivity index is 0.00000162. The number of nitrogens with zero attached hydrogens (tertiary/aromatic N) is 1. The largest absolute Gasteiger partial charge is 0.338 e. The van der Waals surface area contributed by atoms with E-state index in [4.69, 9.17) is 5.73 Å². The van der Waals surface area contributed by atoms with Gasteiger partial charge in [-0.2, -0.15) is 0 Å². The molecule has 1 saturated heterocycles. The molecule has 0 bridgehead atoms. The second-order valence-electron chi connectivity index (χ2n) is 4.69. The van der Waals surface area contributed by atoms with Crippen LogP contribution in [0.25, 0.3) is 0 Å². The zero-order valence-electron chi connectivity index (χ0n) is 10.3. The molecule has 1 heterocycles. The number of carbonyl (C=O) groups is 1. The Morgan fingerprint density at radius 3 is 2.83 bits per heavy atom. The molecule has 2 unspecified atom stereocenters. The summed E-state index contributed by atoms with van der Waals surface area (Å²) in [5, 5.41) is 0. The average Bonchev–Trinajstić information content (AvgIpc) is 2.32. The highest BCUT2D eigenvalue weighted by atomic mass is 35.5. The van der Waals surface area contributed by atoms with Gasteiger partial charge in [-0.1, -0.05) is 13.0 Å². The first kappa shape index (κ1) is 14.9. The lowest BCUT2D eigenvalue weighted by atomic mass is 9.94. The molecule has 1 fully saturated rings. The van der Waals surface area contributed by atoms with Gasteiger partial charge in [0.1, 0.15) is 5.82 Å². The van der Waals surface area contributed by atoms with Gasteiger partial charge < -0.3 is 10.6 Å². The van der Waals surface area contributed by atoms with Gasteiger partial charge in [0.25, 0.3) is 5.91 Å². The van der Waals surface area contributed by atoms with E-state index in [0.717, 1.165) is 6.42 Å². The molecule has 2 N–H and O–H groups in total. The zero-order valence-corrected chi connectivity index (χ0v) is 11.1. The summed E-state index contributed by atoms with van der Waals surface area (Å²) in [6, 6.07) is 5.98. The number of likely N-dealkylation sites (tertiary alicyclic amines) is 1. The zero-order chi connectivity index (χ0) is 12.4. The summed E-state index contributed by atoms with van der Waals surface area (Å²) < 4.78 is 13.0. The molecule has 1 aromatic rings. The van der Waals surface area contributed by atoms with Crippen molar-refractivity contribution in [2.45, 2.75) is 19.4 Å². The predicted molar refractivity (Wildman–Crippen MR) is 71.3 cm³/mol. The molecule has 18 heavy (non-hydrogen) atoms. The first-order valence-electron chi connectivity index (χ1n) is 5.88. The molecule has 1 aliphatic heterocycles. The topological polar surface area (TPSA) is 46.3 Å². The Bertz CT molecular complexity index is 427. The van der Waals surface area contributed by atoms with E-state index < -0.39 is 0 Å². The van der Waals surface area contributed by atoms with E-state index in [0.29, 0.717) is 24.6 Å². The standard InChI is InChI=1S/C13H17FN2O.ClH/c1-9-8-16(6-5-12(9)15)13(17)10-3-2-4-11(14)7-10;/h2-4,7,9,12H,5-6,8,15H2,1H3;1H. The SMILES string of the molecule is CC1CN(C(=O)c2cccc(F)c2)CCC1N.Cl. The lowest BCUT2D eigenvalue weighted by Crippen LogP contribution is -2.48. The van der Waals surface area contributed by atoms with Gasteiger partial charge in [0.15, 0.2) is 0 Å². The molecule has 100 valence electrons. The summed E-state index contributed by atoms with van der Waals surface area (Å²) in [6.07, 6.45) is 0.808. The van der Waals surface area contributed by atoms with Crippen LogP contribution in [0.1, 0.15) is 23.7 Å². The fourth-order valence-electron chi connectivity index (χ4n) is 2.15. The number of amides is 1. The van der Waals surface area contributed by atoms with Crippen molar-refractivity contribution in [2.75, 3.05) is 13.1 Å². The van der Waals surface area contributed by atoms with E-state index in [9.17, 15) is 9.18 Å². The Hall–Kier alpha value is -1.13. The van der Waals surface area contributed by atoms with Crippen LogP contribution in [0, 0.1) is 11.7 Å². The van der Waals surface area contributed by atoms with Gasteiger partial charge in [-0.3, -0.25) is 4.79 Å². The number of nitrogens with two attached hydrogens (primary N) is 1. The lowest BCUT2D eigenvalue weighted by molar-refractivity contribution is 0.0663. The number of carbonyl (C=O) groups excluding carboxylic acids is 1. The van der Waals surface area contributed by atoms with Crippen LogP contribution in [0.15, 0.2) is 24.3 Å². The molecular formula is C13H18ClFN2O. The molecule has 2 atom stereocenters. The van der Waals surface area contributed by atoms with Gasteiger partial charge >= 0.3 is 0 Å². The van der Waals surface area contributed by atoms with Crippen LogP contribution < -0.4 is 5.73 Å². The van der Waals surface area contributed by atoms with Crippen molar-refractivity contribution in [3.63, 3.8) is 0 Å². The minimum absolute atomic E-state index is 0. The number of hydrogen-bond donors (Lipinski definition) is 1. The average molecular weight is 273 g/mol. The van der Waals surface area contributed by atoms with Crippen molar-refractivity contribution < 1.29 is 9.18 Å². The summed E-state index contributed by atoms with van der Waals surface area (Å²) in [5.41, 5.74) is 6.32. The first-order chi connectivity index (χ1) is 8.08. The van der Waals surface area contributed by atoms with E-state index >= 15 is 0 Å². The molecule has 0 radical (unpaired) electrons. The fraction of sp³-hybridized carbons (Fsp3) is 0.462. The molecule has 1 amide bonds. The van der Waals surface area contributed by atoms with Crippen molar-refractivity contribution in [2.24, 2.45) is 11.7 Å². The maximum Gasteiger partial charge on any atom is 0.253 e. The Morgan fingerprint density at radius 2 is 2.22 bits per heavy atom. The van der Waals surface area contributed by atoms with E-state index in [-0.39, 0.29) is 30.2 Å². The maximum absolute atomic E-state index is 13.0. The second-order valence-corrected chi connectivity index (χ2v) is 4.69. The third-order valence-corrected chi connectivity index (χ3v) is 3.33. The molecule has 1 aromatic carbocycles. The smallest absolute Gasteiger partial charge is 0.253 e. The van der Waals surface area contributed by atoms with Gasteiger partial charge in [0, 0.05) is 24.7 Å². The molecule has 0 aliphatic carbocycles. The van der Waals surface area contributed by atoms with Crippen LogP contribution in [0.5, 0.6) is 0 Å². The number of rotatable bonds is 1. The number of piperidine rings is 1. The van der Waals surface area contributed by atoms with Crippen molar-refractivity contribution in [3.8, 4) is 0 Å². The van der Waals surface area contributed by atoms with E-state index in [1.54, 1.807) is 17.0 Å². The lowest BCUT2D eigenvalue weighted by Gasteiger charge is -2.35. The molecule has 1 aliphatic rings. The molecule has 0 saturated carbocycles. The number of benzene rings is 1. The summed E-state index contributed by atoms with van der Waals surface area (Å²) in [6.45, 7) is 3.34. The van der Waals surface area contributed by atoms with Crippen LogP contribution in [-0.2, 0) is 0 Å². The third-order valence-electron chi connectivity index (χ3n) is 3.33. The fourth-order valence-corrected chi connectivity index (χ4v) is 2.15. The van der Waals surface area contributed by atoms with Crippen molar-refractivity contribution >= 4 is 18.3 Å². The highest BCUT2D eigenvalue weighted by molar-refractivity contribution is 5.94. The third kappa shape index (κ3) is 3.21. The highest BCUT2D eigenvalue weighted by Crippen LogP contribution is 2.17. The monoisotopic (exact) mass is 272 g/mol. The highest BCUT2D eigenvalue weighted by Gasteiger charge is 2.26. The number of hydrogen-bond acceptors (Lipinski definition) is 2. The van der Waals surface area contributed by atoms with Crippen molar-refractivity contribution in [3.05, 3.63) is 35.6 Å². The minimum atomic E-state index is -0.377. The van der Waals surface area contributed by atoms with E-state index in [2.05, 4.69) is 0 Å². The van der Waals surface area contributed by atoms with Crippen LogP contribution in [0.4, 0.5) is 4.39 Å². The van der Waals surface area contributed by atoms with E-state index in [1.807, 2.05) is 6.92 Å². The van der Waals surface area contributed by atoms with Gasteiger partial charge in [-0.05, 0) is 30.5 Å². The quantitative estimate of drug-likeness (QED) is 0.851. The molecular weight excluding hydrogens is 255 g/mol. The van der Waals surface area contributed by atoms with Gasteiger partial charge in [-0.25, -0.2) is 4.39 Å². The predicted octanol–water partition coefficient (Wildman–Crippen LogP) is 2.06. The van der Waals surface area contributed by atoms with Crippen molar-refractivity contribution in [1.82, 2.24) is 4.90 Å². The van der Waals surface area contributed by atoms with Crippen LogP contribution in [0.2, 0.25) is 0 Å². The van der Waals surface area contributed by atoms with Gasteiger partial charge in [-0.15, -0.1) is 12.4 Å². The van der Waals surface area contributed by atoms with Crippen LogP contribution in [-0.4, -0.2) is 29.9 Å². The Kier molecular flexibility index (Phi) is 5.11. The summed E-state index contributed by atoms with van der Waals surface area (Å²) >= 11 is 0. The second kappa shape index (κ2) is 6.16. The summed E-state index contributed by atoms with van der Waals surface area (Å²) in [5.74, 6) is -0.192. The molecule has 0 spiro atoms. The van der Waals surface area contributed by atoms with Crippen LogP contribution >= 0.6 is 12.4 Å². The maximum atomic E-state index is 13.0. The molecule has 5 heteroatoms. The summed E-state index contributed by atoms with van der Waals surface area (Å²) in [4.78, 5) is 13.9. The molecule has 2 rings (SSSR count). The van der Waals surface area contributed by atoms with E-state index in [1.165, 1.54) is 12.1 Å². The normalized spacial score (nSPS) is 23.4. The minimum Gasteiger partial charge on any atom is -0.338 e. The Labute approximate surface area is 113 Å². The van der Waals surface area contributed by atoms with Crippen LogP contribution in [0.3, 0.4) is 0 Å².